The van der Waals surface area contributed by atoms with Gasteiger partial charge in [0.1, 0.15) is 0 Å². The maximum absolute atomic E-state index is 10.9. The second kappa shape index (κ2) is 19.3. The lowest BCUT2D eigenvalue weighted by molar-refractivity contribution is -0.138. The summed E-state index contributed by atoms with van der Waals surface area (Å²) >= 11 is 0. The Balaban J connectivity index is 0.000000175. The summed E-state index contributed by atoms with van der Waals surface area (Å²) in [5.74, 6) is 1.25. The fourth-order valence-corrected chi connectivity index (χ4v) is 8.42. The Kier molecular flexibility index (Phi) is 13.0. The molecule has 326 valence electrons. The van der Waals surface area contributed by atoms with Crippen molar-refractivity contribution in [2.75, 3.05) is 0 Å². The summed E-state index contributed by atoms with van der Waals surface area (Å²) in [7, 11) is 0. The molecule has 4 heterocycles. The second-order valence-electron chi connectivity index (χ2n) is 16.6. The highest BCUT2D eigenvalue weighted by molar-refractivity contribution is 5.84. The van der Waals surface area contributed by atoms with Gasteiger partial charge in [-0.15, -0.1) is 0 Å². The summed E-state index contributed by atoms with van der Waals surface area (Å²) in [6.07, 6.45) is 11.9. The van der Waals surface area contributed by atoms with E-state index in [9.17, 15) is 14.9 Å². The van der Waals surface area contributed by atoms with Crippen molar-refractivity contribution in [3.63, 3.8) is 0 Å². The van der Waals surface area contributed by atoms with Crippen LogP contribution in [0.15, 0.2) is 94.2 Å². The van der Waals surface area contributed by atoms with E-state index in [1.807, 2.05) is 48.5 Å². The fraction of sp³-hybridized carbons (Fsp3) is 0.327. The van der Waals surface area contributed by atoms with Crippen LogP contribution in [0.4, 0.5) is 0 Å². The number of carboxylic acids is 2. The number of carbonyl (C=O) groups is 2. The van der Waals surface area contributed by atoms with Crippen LogP contribution in [-0.2, 0) is 35.5 Å². The van der Waals surface area contributed by atoms with E-state index in [1.165, 1.54) is 43.2 Å². The quantitative estimate of drug-likeness (QED) is 0.104. The number of hydrogen-bond donors (Lipinski definition) is 2. The standard InChI is InChI=1S/C26H28N4O3.C23H21N5O3/c1-2-17-14-20(8-10-22(17)18-6-4-3-5-7-18)26-28-25(29-33-26)19-9-11-23-21(15-19)16-27-30(23)13-12-24(31)32;1-14(2)9-15-3-4-17(11-18(15)12-24)23-26-22(27-31-23)16-5-6-20-19(10-16)13-25-28(20)8-7-21(29)30/h8-11,14-16,18H,2-7,12-13H2,1H3,(H,31,32);3-6,10-11,13-14H,7-9H2,1-2H3,(H,29,30). The van der Waals surface area contributed by atoms with Gasteiger partial charge in [-0.25, -0.2) is 0 Å². The van der Waals surface area contributed by atoms with E-state index in [2.05, 4.69) is 75.5 Å². The number of rotatable bonds is 14. The minimum atomic E-state index is -0.864. The zero-order valence-electron chi connectivity index (χ0n) is 36.1. The molecule has 4 aromatic carbocycles. The molecule has 1 fully saturated rings. The normalized spacial score (nSPS) is 13.0. The smallest absolute Gasteiger partial charge is 0.305 e. The van der Waals surface area contributed by atoms with Crippen molar-refractivity contribution >= 4 is 33.7 Å². The van der Waals surface area contributed by atoms with E-state index in [-0.39, 0.29) is 12.8 Å². The molecule has 0 saturated heterocycles. The Morgan fingerprint density at radius 1 is 0.719 bits per heavy atom. The molecule has 0 amide bonds. The number of fused-ring (bicyclic) bond motifs is 2. The zero-order valence-corrected chi connectivity index (χ0v) is 36.1. The first-order valence-electron chi connectivity index (χ1n) is 21.8. The van der Waals surface area contributed by atoms with Gasteiger partial charge in [0.25, 0.3) is 11.8 Å². The number of aliphatic carboxylic acids is 2. The Labute approximate surface area is 369 Å². The molecule has 4 aromatic heterocycles. The van der Waals surface area contributed by atoms with Gasteiger partial charge < -0.3 is 19.3 Å². The maximum Gasteiger partial charge on any atom is 0.305 e. The second-order valence-corrected chi connectivity index (χ2v) is 16.6. The van der Waals surface area contributed by atoms with Gasteiger partial charge in [0, 0.05) is 33.0 Å². The number of hydrogen-bond acceptors (Lipinski definition) is 11. The fourth-order valence-electron chi connectivity index (χ4n) is 8.42. The van der Waals surface area contributed by atoms with Crippen molar-refractivity contribution < 1.29 is 28.8 Å². The average molecular weight is 860 g/mol. The van der Waals surface area contributed by atoms with Gasteiger partial charge >= 0.3 is 11.9 Å². The van der Waals surface area contributed by atoms with Gasteiger partial charge in [-0.05, 0) is 115 Å². The molecule has 9 rings (SSSR count). The highest BCUT2D eigenvalue weighted by Gasteiger charge is 2.21. The predicted molar refractivity (Wildman–Crippen MR) is 240 cm³/mol. The number of benzene rings is 4. The molecular weight excluding hydrogens is 811 g/mol. The van der Waals surface area contributed by atoms with Crippen LogP contribution in [0.2, 0.25) is 0 Å². The molecule has 15 nitrogen and oxygen atoms in total. The zero-order chi connectivity index (χ0) is 44.7. The molecule has 1 saturated carbocycles. The SMILES string of the molecule is CC(C)Cc1ccc(-c2nc(-c3ccc4c(cnn4CCC(=O)O)c3)no2)cc1C#N.CCc1cc(-c2nc(-c3ccc4c(cnn4CCC(=O)O)c3)no2)ccc1C1CCCCC1. The van der Waals surface area contributed by atoms with Crippen LogP contribution in [-0.4, -0.2) is 62.0 Å². The molecule has 2 N–H and O–H groups in total. The summed E-state index contributed by atoms with van der Waals surface area (Å²) < 4.78 is 14.4. The summed E-state index contributed by atoms with van der Waals surface area (Å²) in [6.45, 7) is 7.08. The van der Waals surface area contributed by atoms with E-state index in [0.717, 1.165) is 56.9 Å². The monoisotopic (exact) mass is 859 g/mol. The van der Waals surface area contributed by atoms with Gasteiger partial charge in [0.05, 0.1) is 61.0 Å². The van der Waals surface area contributed by atoms with Gasteiger partial charge in [-0.3, -0.25) is 19.0 Å². The third-order valence-corrected chi connectivity index (χ3v) is 11.6. The first-order chi connectivity index (χ1) is 31.1. The summed E-state index contributed by atoms with van der Waals surface area (Å²) in [5.41, 5.74) is 9.44. The molecule has 0 spiro atoms. The van der Waals surface area contributed by atoms with Crippen LogP contribution in [0.3, 0.4) is 0 Å². The van der Waals surface area contributed by atoms with Gasteiger partial charge in [0.15, 0.2) is 0 Å². The lowest BCUT2D eigenvalue weighted by Crippen LogP contribution is -2.07. The maximum atomic E-state index is 10.9. The number of nitrogens with zero attached hydrogens (tertiary/aromatic N) is 9. The van der Waals surface area contributed by atoms with Crippen LogP contribution >= 0.6 is 0 Å². The van der Waals surface area contributed by atoms with Crippen LogP contribution < -0.4 is 0 Å². The van der Waals surface area contributed by atoms with Crippen molar-refractivity contribution in [1.29, 1.82) is 5.26 Å². The number of nitriles is 1. The molecule has 15 heteroatoms. The van der Waals surface area contributed by atoms with Gasteiger partial charge in [-0.2, -0.15) is 25.4 Å². The largest absolute Gasteiger partial charge is 0.481 e. The minimum absolute atomic E-state index is 0.00732. The molecule has 64 heavy (non-hydrogen) atoms. The van der Waals surface area contributed by atoms with Crippen molar-refractivity contribution in [2.24, 2.45) is 5.92 Å². The average Bonchev–Trinajstić information content (AvgIpc) is 4.15. The first kappa shape index (κ1) is 43.2. The van der Waals surface area contributed by atoms with E-state index >= 15 is 0 Å². The van der Waals surface area contributed by atoms with E-state index in [1.54, 1.807) is 27.8 Å². The van der Waals surface area contributed by atoms with Crippen LogP contribution in [0.1, 0.15) is 93.9 Å². The van der Waals surface area contributed by atoms with Crippen LogP contribution in [0.25, 0.3) is 67.5 Å². The van der Waals surface area contributed by atoms with Crippen LogP contribution in [0.5, 0.6) is 0 Å². The number of carboxylic acid groups (broad SMARTS) is 2. The van der Waals surface area contributed by atoms with E-state index < -0.39 is 11.9 Å². The summed E-state index contributed by atoms with van der Waals surface area (Å²) in [4.78, 5) is 30.8. The Morgan fingerprint density at radius 3 is 1.77 bits per heavy atom. The first-order valence-corrected chi connectivity index (χ1v) is 21.8. The lowest BCUT2D eigenvalue weighted by Gasteiger charge is -2.24. The molecule has 0 aliphatic heterocycles. The highest BCUT2D eigenvalue weighted by Crippen LogP contribution is 2.37. The predicted octanol–water partition coefficient (Wildman–Crippen LogP) is 10.1. The Hall–Kier alpha value is -7.47. The van der Waals surface area contributed by atoms with Crippen molar-refractivity contribution in [3.8, 4) is 51.8 Å². The number of aromatic nitrogens is 8. The summed E-state index contributed by atoms with van der Waals surface area (Å²) in [6, 6.07) is 25.8. The third-order valence-electron chi connectivity index (χ3n) is 11.6. The molecule has 1 aliphatic carbocycles. The molecular formula is C49H49N9O6. The van der Waals surface area contributed by atoms with Crippen molar-refractivity contribution in [3.05, 3.63) is 107 Å². The van der Waals surface area contributed by atoms with Crippen molar-refractivity contribution in [2.45, 2.75) is 97.6 Å². The molecule has 0 unspecified atom stereocenters. The molecule has 1 aliphatic rings. The minimum Gasteiger partial charge on any atom is -0.481 e. The molecule has 8 aromatic rings. The van der Waals surface area contributed by atoms with Crippen molar-refractivity contribution in [1.82, 2.24) is 39.8 Å². The Morgan fingerprint density at radius 2 is 1.25 bits per heavy atom. The van der Waals surface area contributed by atoms with E-state index in [0.29, 0.717) is 59.5 Å². The van der Waals surface area contributed by atoms with E-state index in [4.69, 9.17) is 19.3 Å². The molecule has 0 radical (unpaired) electrons. The number of aryl methyl sites for hydroxylation is 3. The van der Waals surface area contributed by atoms with Gasteiger partial charge in [-0.1, -0.05) is 62.5 Å². The molecule has 0 bridgehead atoms. The van der Waals surface area contributed by atoms with Crippen LogP contribution in [0, 0.1) is 17.2 Å². The summed E-state index contributed by atoms with van der Waals surface area (Å²) in [5, 5.41) is 45.9. The topological polar surface area (TPSA) is 212 Å². The molecule has 0 atom stereocenters. The van der Waals surface area contributed by atoms with Gasteiger partial charge in [0.2, 0.25) is 11.6 Å². The lowest BCUT2D eigenvalue weighted by atomic mass is 9.81. The highest BCUT2D eigenvalue weighted by atomic mass is 16.5. The third kappa shape index (κ3) is 9.76. The Bertz CT molecular complexity index is 2980.